The van der Waals surface area contributed by atoms with E-state index < -0.39 is 15.4 Å². The van der Waals surface area contributed by atoms with Gasteiger partial charge in [-0.15, -0.1) is 12.3 Å². The van der Waals surface area contributed by atoms with E-state index >= 15 is 0 Å². The number of nitrogen functional groups attached to an aromatic ring is 1. The topological polar surface area (TPSA) is 151 Å². The molecule has 0 amide bonds. The molecule has 0 aliphatic rings. The number of aromatic nitrogens is 4. The first-order valence-electron chi connectivity index (χ1n) is 14.8. The molecule has 0 aliphatic heterocycles. The van der Waals surface area contributed by atoms with Gasteiger partial charge in [0.25, 0.3) is 0 Å². The van der Waals surface area contributed by atoms with E-state index in [0.717, 1.165) is 19.3 Å². The second-order valence-corrected chi connectivity index (χ2v) is 20.1. The van der Waals surface area contributed by atoms with E-state index in [9.17, 15) is 9.46 Å². The zero-order valence-corrected chi connectivity index (χ0v) is 27.4. The number of ether oxygens (including phenoxy) is 1. The van der Waals surface area contributed by atoms with Crippen LogP contribution in [0.3, 0.4) is 0 Å². The van der Waals surface area contributed by atoms with Crippen LogP contribution < -0.4 is 11.9 Å². The number of hydrogen-bond donors (Lipinski definition) is 3. The summed E-state index contributed by atoms with van der Waals surface area (Å²) in [6, 6.07) is 0. The molecule has 2 aromatic rings. The Morgan fingerprint density at radius 2 is 1.62 bits per heavy atom. The predicted octanol–water partition coefficient (Wildman–Crippen LogP) is 7.62. The van der Waals surface area contributed by atoms with Crippen LogP contribution in [-0.2, 0) is 15.8 Å². The molecule has 0 bridgehead atoms. The number of anilines is 1. The molecule has 2 heterocycles. The third-order valence-corrected chi connectivity index (χ3v) is 12.2. The number of nitrogens with zero attached hydrogens (tertiary/aromatic N) is 4. The minimum atomic E-state index is -3.34. The summed E-state index contributed by atoms with van der Waals surface area (Å²) in [4.78, 5) is 23.0. The van der Waals surface area contributed by atoms with Crippen molar-refractivity contribution in [2.45, 2.75) is 128 Å². The van der Waals surface area contributed by atoms with E-state index in [1.54, 1.807) is 6.33 Å². The summed E-state index contributed by atoms with van der Waals surface area (Å²) in [6.45, 7) is 9.65. The third-order valence-electron chi connectivity index (χ3n) is 7.60. The lowest BCUT2D eigenvalue weighted by molar-refractivity contribution is 0.0825. The van der Waals surface area contributed by atoms with Crippen LogP contribution in [0.15, 0.2) is 12.7 Å². The zero-order valence-electron chi connectivity index (χ0n) is 25.5. The summed E-state index contributed by atoms with van der Waals surface area (Å²) < 4.78 is 20.5. The Morgan fingerprint density at radius 1 is 1.02 bits per heavy atom. The highest BCUT2D eigenvalue weighted by Crippen LogP contribution is 2.43. The smallest absolute Gasteiger partial charge is 0.225 e. The number of nitrogens with two attached hydrogens (primary N) is 1. The van der Waals surface area contributed by atoms with Gasteiger partial charge in [0.2, 0.25) is 7.37 Å². The van der Waals surface area contributed by atoms with Crippen molar-refractivity contribution < 1.29 is 14.2 Å². The lowest BCUT2D eigenvalue weighted by Crippen LogP contribution is -2.28. The van der Waals surface area contributed by atoms with Gasteiger partial charge >= 0.3 is 0 Å². The van der Waals surface area contributed by atoms with E-state index in [-0.39, 0.29) is 18.6 Å². The Morgan fingerprint density at radius 3 is 2.25 bits per heavy atom. The Balaban J connectivity index is 0.00000800. The molecular formula is C29H55N6O3PSi. The van der Waals surface area contributed by atoms with Gasteiger partial charge in [-0.1, -0.05) is 83.8 Å². The number of terminal acetylenes is 1. The van der Waals surface area contributed by atoms with E-state index in [4.69, 9.17) is 16.9 Å². The molecule has 0 aliphatic carbocycles. The van der Waals surface area contributed by atoms with Gasteiger partial charge in [-0.2, -0.15) is 0 Å². The first-order valence-corrected chi connectivity index (χ1v) is 20.4. The summed E-state index contributed by atoms with van der Waals surface area (Å²) in [5, 5.41) is 0. The molecule has 40 heavy (non-hydrogen) atoms. The maximum atomic E-state index is 12.8. The second-order valence-electron chi connectivity index (χ2n) is 12.1. The molecular weight excluding hydrogens is 539 g/mol. The molecule has 3 atom stereocenters. The number of rotatable bonds is 21. The quantitative estimate of drug-likeness (QED) is 0.0578. The fourth-order valence-corrected chi connectivity index (χ4v) is 8.55. The van der Waals surface area contributed by atoms with Crippen molar-refractivity contribution in [1.29, 1.82) is 0 Å². The first kappa shape index (κ1) is 36.3. The fourth-order valence-electron chi connectivity index (χ4n) is 5.12. The van der Waals surface area contributed by atoms with Crippen molar-refractivity contribution in [3.63, 3.8) is 0 Å². The van der Waals surface area contributed by atoms with Crippen LogP contribution in [0.2, 0.25) is 25.2 Å². The molecule has 228 valence electrons. The van der Waals surface area contributed by atoms with Crippen LogP contribution >= 0.6 is 7.37 Å². The molecule has 2 aromatic heterocycles. The van der Waals surface area contributed by atoms with Crippen molar-refractivity contribution in [1.82, 2.24) is 25.7 Å². The van der Waals surface area contributed by atoms with Crippen LogP contribution in [0, 0.1) is 12.3 Å². The number of hydrogen-bond acceptors (Lipinski definition) is 7. The molecule has 0 aromatic carbocycles. The predicted molar refractivity (Wildman–Crippen MR) is 171 cm³/mol. The number of imidazole rings is 1. The van der Waals surface area contributed by atoms with Crippen LogP contribution in [0.25, 0.3) is 11.2 Å². The van der Waals surface area contributed by atoms with E-state index in [2.05, 4.69) is 40.5 Å². The second kappa shape index (κ2) is 18.6. The fraction of sp³-hybridized carbons (Fsp3) is 0.759. The summed E-state index contributed by atoms with van der Waals surface area (Å²) >= 11 is 0. The third kappa shape index (κ3) is 13.7. The van der Waals surface area contributed by atoms with Gasteiger partial charge in [0, 0.05) is 20.7 Å². The SMILES string of the molecule is C#CCCCCCCCCCCCC(CCCP(=O)(O)COC(C)Cn1cnc2c(N)ncnc21)[Si](C)(C)C.N. The van der Waals surface area contributed by atoms with Crippen LogP contribution in [0.4, 0.5) is 5.82 Å². The van der Waals surface area contributed by atoms with Gasteiger partial charge in [0.1, 0.15) is 18.2 Å². The highest BCUT2D eigenvalue weighted by molar-refractivity contribution is 7.57. The Kier molecular flexibility index (Phi) is 16.9. The minimum Gasteiger partial charge on any atom is -0.382 e. The van der Waals surface area contributed by atoms with Gasteiger partial charge < -0.3 is 26.1 Å². The lowest BCUT2D eigenvalue weighted by atomic mass is 10.0. The van der Waals surface area contributed by atoms with Gasteiger partial charge in [-0.25, -0.2) is 15.0 Å². The first-order chi connectivity index (χ1) is 18.5. The maximum absolute atomic E-state index is 12.8. The monoisotopic (exact) mass is 594 g/mol. The Hall–Kier alpha value is -1.76. The molecule has 2 rings (SSSR count). The van der Waals surface area contributed by atoms with E-state index in [0.29, 0.717) is 35.2 Å². The Bertz CT molecular complexity index is 1070. The largest absolute Gasteiger partial charge is 0.382 e. The van der Waals surface area contributed by atoms with Crippen LogP contribution in [0.5, 0.6) is 0 Å². The molecule has 0 fully saturated rings. The summed E-state index contributed by atoms with van der Waals surface area (Å²) in [5.74, 6) is 3.05. The summed E-state index contributed by atoms with van der Waals surface area (Å²) in [7, 11) is -4.67. The highest BCUT2D eigenvalue weighted by Gasteiger charge is 2.27. The van der Waals surface area contributed by atoms with E-state index in [1.165, 1.54) is 70.5 Å². The maximum Gasteiger partial charge on any atom is 0.225 e. The molecule has 0 saturated carbocycles. The Labute approximate surface area is 243 Å². The van der Waals surface area contributed by atoms with E-state index in [1.807, 2.05) is 11.5 Å². The zero-order chi connectivity index (χ0) is 28.7. The minimum absolute atomic E-state index is 0. The standard InChI is InChI=1S/C29H52N5O3PSi.H3N/c1-6-7-8-9-10-11-12-13-14-15-16-18-26(39(3,4)5)19-17-20-38(35,36)24-37-25(2)21-34-23-33-27-28(30)31-22-32-29(27)34;/h1,22-23,25-26H,7-21,24H2,2-5H3,(H,35,36)(H2,30,31,32);1H3. The van der Waals surface area contributed by atoms with Crippen molar-refractivity contribution in [3.8, 4) is 12.3 Å². The van der Waals surface area contributed by atoms with Crippen molar-refractivity contribution >= 4 is 32.4 Å². The molecule has 6 N–H and O–H groups in total. The van der Waals surface area contributed by atoms with Gasteiger partial charge in [-0.05, 0) is 25.3 Å². The van der Waals surface area contributed by atoms with Crippen molar-refractivity contribution in [2.75, 3.05) is 18.2 Å². The van der Waals surface area contributed by atoms with Gasteiger partial charge in [0.15, 0.2) is 11.5 Å². The molecule has 11 heteroatoms. The average molecular weight is 595 g/mol. The van der Waals surface area contributed by atoms with Crippen LogP contribution in [-0.4, -0.2) is 51.1 Å². The summed E-state index contributed by atoms with van der Waals surface area (Å²) in [5.41, 5.74) is 7.73. The number of unbranched alkanes of at least 4 members (excludes halogenated alkanes) is 9. The average Bonchev–Trinajstić information content (AvgIpc) is 3.28. The molecule has 9 nitrogen and oxygen atoms in total. The number of fused-ring (bicyclic) bond motifs is 1. The van der Waals surface area contributed by atoms with Crippen molar-refractivity contribution in [2.24, 2.45) is 0 Å². The highest BCUT2D eigenvalue weighted by atomic mass is 31.2. The molecule has 3 unspecified atom stereocenters. The van der Waals surface area contributed by atoms with Crippen LogP contribution in [0.1, 0.15) is 90.4 Å². The van der Waals surface area contributed by atoms with Gasteiger partial charge in [0.05, 0.1) is 19.0 Å². The lowest BCUT2D eigenvalue weighted by Gasteiger charge is -2.29. The molecule has 0 spiro atoms. The molecule has 0 saturated heterocycles. The van der Waals surface area contributed by atoms with Gasteiger partial charge in [-0.3, -0.25) is 4.57 Å². The summed E-state index contributed by atoms with van der Waals surface area (Å²) in [6.07, 6.45) is 23.9. The van der Waals surface area contributed by atoms with Crippen molar-refractivity contribution in [3.05, 3.63) is 12.7 Å². The normalized spacial score (nSPS) is 14.8. The molecule has 0 radical (unpaired) electrons.